The summed E-state index contributed by atoms with van der Waals surface area (Å²) in [4.78, 5) is 0. The molecule has 0 amide bonds. The molecule has 1 heterocycles. The molecule has 0 radical (unpaired) electrons. The zero-order valence-electron chi connectivity index (χ0n) is 7.59. The lowest BCUT2D eigenvalue weighted by Gasteiger charge is -2.25. The molecule has 1 saturated heterocycles. The third kappa shape index (κ3) is 2.18. The van der Waals surface area contributed by atoms with Crippen molar-refractivity contribution in [1.82, 2.24) is 5.32 Å². The van der Waals surface area contributed by atoms with E-state index < -0.39 is 24.4 Å². The Morgan fingerprint density at radius 2 is 1.69 bits per heavy atom. The van der Waals surface area contributed by atoms with Crippen LogP contribution in [0.5, 0.6) is 0 Å². The summed E-state index contributed by atoms with van der Waals surface area (Å²) in [6.07, 6.45) is -3.98. The second-order valence-corrected chi connectivity index (χ2v) is 3.46. The van der Waals surface area contributed by atoms with Crippen molar-refractivity contribution in [3.8, 4) is 0 Å². The van der Waals surface area contributed by atoms with Gasteiger partial charge in [-0.15, -0.1) is 0 Å². The van der Waals surface area contributed by atoms with E-state index in [1.165, 1.54) is 0 Å². The highest BCUT2D eigenvalue weighted by atomic mass is 16.4. The van der Waals surface area contributed by atoms with Gasteiger partial charge in [-0.1, -0.05) is 6.92 Å². The highest BCUT2D eigenvalue weighted by Gasteiger charge is 2.37. The third-order valence-corrected chi connectivity index (χ3v) is 2.54. The highest BCUT2D eigenvalue weighted by molar-refractivity contribution is 4.92. The van der Waals surface area contributed by atoms with E-state index in [2.05, 4.69) is 5.32 Å². The van der Waals surface area contributed by atoms with E-state index in [1.807, 2.05) is 6.92 Å². The van der Waals surface area contributed by atoms with Gasteiger partial charge in [-0.2, -0.15) is 0 Å². The summed E-state index contributed by atoms with van der Waals surface area (Å²) in [5, 5.41) is 40.4. The second-order valence-electron chi connectivity index (χ2n) is 3.46. The Labute approximate surface area is 77.0 Å². The third-order valence-electron chi connectivity index (χ3n) is 2.54. The molecule has 5 heteroatoms. The molecule has 0 aromatic heterocycles. The Balaban J connectivity index is 2.69. The first-order valence-electron chi connectivity index (χ1n) is 4.53. The number of hydrogen-bond acceptors (Lipinski definition) is 5. The summed E-state index contributed by atoms with van der Waals surface area (Å²) in [5.74, 6) is 0. The molecule has 1 fully saturated rings. The van der Waals surface area contributed by atoms with Crippen molar-refractivity contribution in [2.24, 2.45) is 0 Å². The molecule has 0 unspecified atom stereocenters. The minimum absolute atomic E-state index is 0.188. The Bertz CT molecular complexity index is 164. The van der Waals surface area contributed by atoms with Gasteiger partial charge in [0.1, 0.15) is 12.2 Å². The zero-order chi connectivity index (χ0) is 10.0. The van der Waals surface area contributed by atoms with E-state index in [0.29, 0.717) is 6.42 Å². The summed E-state index contributed by atoms with van der Waals surface area (Å²) in [6.45, 7) is 2.05. The summed E-state index contributed by atoms with van der Waals surface area (Å²) >= 11 is 0. The lowest BCUT2D eigenvalue weighted by molar-refractivity contribution is -0.0957. The first kappa shape index (κ1) is 10.9. The van der Waals surface area contributed by atoms with E-state index in [-0.39, 0.29) is 12.6 Å². The topological polar surface area (TPSA) is 93.0 Å². The fourth-order valence-electron chi connectivity index (χ4n) is 1.57. The van der Waals surface area contributed by atoms with Crippen LogP contribution in [-0.4, -0.2) is 57.4 Å². The number of aliphatic hydroxyl groups excluding tert-OH is 4. The molecule has 0 bridgehead atoms. The van der Waals surface area contributed by atoms with Crippen molar-refractivity contribution in [3.05, 3.63) is 0 Å². The van der Waals surface area contributed by atoms with Crippen molar-refractivity contribution in [1.29, 1.82) is 0 Å². The normalized spacial score (nSPS) is 47.3. The maximum atomic E-state index is 9.52. The van der Waals surface area contributed by atoms with Crippen LogP contribution in [0.1, 0.15) is 13.3 Å². The van der Waals surface area contributed by atoms with E-state index in [0.717, 1.165) is 0 Å². The van der Waals surface area contributed by atoms with Gasteiger partial charge < -0.3 is 25.7 Å². The molecular weight excluding hydrogens is 174 g/mol. The SMILES string of the molecule is CC[C@@H]1NC[C@@H](O)[C@@H](O)[C@H](O)[C@H]1O. The van der Waals surface area contributed by atoms with Gasteiger partial charge in [0, 0.05) is 12.6 Å². The summed E-state index contributed by atoms with van der Waals surface area (Å²) in [5.41, 5.74) is 0. The predicted octanol–water partition coefficient (Wildman–Crippen LogP) is -2.19. The van der Waals surface area contributed by atoms with Gasteiger partial charge in [-0.05, 0) is 6.42 Å². The Kier molecular flexibility index (Phi) is 3.63. The van der Waals surface area contributed by atoms with E-state index in [9.17, 15) is 20.4 Å². The molecule has 0 aromatic rings. The van der Waals surface area contributed by atoms with Gasteiger partial charge in [-0.25, -0.2) is 0 Å². The van der Waals surface area contributed by atoms with Crippen LogP contribution in [0.3, 0.4) is 0 Å². The van der Waals surface area contributed by atoms with Crippen LogP contribution < -0.4 is 5.32 Å². The zero-order valence-corrected chi connectivity index (χ0v) is 7.59. The number of rotatable bonds is 1. The summed E-state index contributed by atoms with van der Waals surface area (Å²) < 4.78 is 0. The van der Waals surface area contributed by atoms with Gasteiger partial charge in [0.15, 0.2) is 0 Å². The van der Waals surface area contributed by atoms with Crippen LogP contribution in [0.15, 0.2) is 0 Å². The molecule has 0 saturated carbocycles. The number of hydrogen-bond donors (Lipinski definition) is 5. The largest absolute Gasteiger partial charge is 0.389 e. The van der Waals surface area contributed by atoms with Crippen molar-refractivity contribution >= 4 is 0 Å². The van der Waals surface area contributed by atoms with Crippen LogP contribution in [0.4, 0.5) is 0 Å². The maximum absolute atomic E-state index is 9.52. The molecule has 0 spiro atoms. The van der Waals surface area contributed by atoms with Crippen LogP contribution >= 0.6 is 0 Å². The fraction of sp³-hybridized carbons (Fsp3) is 1.00. The highest BCUT2D eigenvalue weighted by Crippen LogP contribution is 2.14. The first-order chi connectivity index (χ1) is 6.07. The average Bonchev–Trinajstić information content (AvgIpc) is 2.22. The number of nitrogens with one attached hydrogen (secondary N) is 1. The number of aliphatic hydroxyl groups is 4. The van der Waals surface area contributed by atoms with Crippen molar-refractivity contribution in [2.75, 3.05) is 6.54 Å². The monoisotopic (exact) mass is 191 g/mol. The molecular formula is C8H17NO4. The molecule has 0 aliphatic carbocycles. The van der Waals surface area contributed by atoms with E-state index in [4.69, 9.17) is 0 Å². The molecule has 0 aromatic carbocycles. The molecule has 13 heavy (non-hydrogen) atoms. The predicted molar refractivity (Wildman–Crippen MR) is 46.1 cm³/mol. The van der Waals surface area contributed by atoms with E-state index >= 15 is 0 Å². The van der Waals surface area contributed by atoms with Gasteiger partial charge in [-0.3, -0.25) is 0 Å². The van der Waals surface area contributed by atoms with Gasteiger partial charge >= 0.3 is 0 Å². The van der Waals surface area contributed by atoms with Crippen LogP contribution in [0.25, 0.3) is 0 Å². The van der Waals surface area contributed by atoms with Crippen LogP contribution in [0.2, 0.25) is 0 Å². The van der Waals surface area contributed by atoms with Crippen molar-refractivity contribution < 1.29 is 20.4 Å². The van der Waals surface area contributed by atoms with Gasteiger partial charge in [0.25, 0.3) is 0 Å². The Morgan fingerprint density at radius 1 is 1.08 bits per heavy atom. The molecule has 1 rings (SSSR count). The lowest BCUT2D eigenvalue weighted by Crippen LogP contribution is -2.47. The maximum Gasteiger partial charge on any atom is 0.110 e. The molecule has 5 atom stereocenters. The molecule has 78 valence electrons. The van der Waals surface area contributed by atoms with Crippen molar-refractivity contribution in [3.63, 3.8) is 0 Å². The van der Waals surface area contributed by atoms with Gasteiger partial charge in [0.2, 0.25) is 0 Å². The standard InChI is InChI=1S/C8H17NO4/c1-2-4-6(11)8(13)7(12)5(10)3-9-4/h4-13H,2-3H2,1H3/t4-,5+,6-,7+,8+/m0/s1. The van der Waals surface area contributed by atoms with Gasteiger partial charge in [0.05, 0.1) is 12.2 Å². The number of β-amino-alcohol motifs (C(OH)–C–C–N with tert-alkyl or cyclic N) is 1. The molecule has 5 N–H and O–H groups in total. The smallest absolute Gasteiger partial charge is 0.110 e. The Morgan fingerprint density at radius 3 is 2.23 bits per heavy atom. The molecule has 5 nitrogen and oxygen atoms in total. The minimum Gasteiger partial charge on any atom is -0.389 e. The first-order valence-corrected chi connectivity index (χ1v) is 4.53. The minimum atomic E-state index is -1.28. The quantitative estimate of drug-likeness (QED) is 0.325. The summed E-state index contributed by atoms with van der Waals surface area (Å²) in [7, 11) is 0. The summed E-state index contributed by atoms with van der Waals surface area (Å²) in [6, 6.07) is -0.276. The second kappa shape index (κ2) is 4.34. The van der Waals surface area contributed by atoms with Crippen LogP contribution in [-0.2, 0) is 0 Å². The van der Waals surface area contributed by atoms with Crippen molar-refractivity contribution in [2.45, 2.75) is 43.8 Å². The Hall–Kier alpha value is -0.200. The average molecular weight is 191 g/mol. The molecule has 1 aliphatic heterocycles. The molecule has 1 aliphatic rings. The lowest BCUT2D eigenvalue weighted by atomic mass is 10.00. The van der Waals surface area contributed by atoms with Crippen LogP contribution in [0, 0.1) is 0 Å². The fourth-order valence-corrected chi connectivity index (χ4v) is 1.57. The van der Waals surface area contributed by atoms with E-state index in [1.54, 1.807) is 0 Å².